The van der Waals surface area contributed by atoms with Crippen LogP contribution in [-0.4, -0.2) is 39.6 Å². The van der Waals surface area contributed by atoms with Gasteiger partial charge in [0.05, 0.1) is 28.7 Å². The first-order chi connectivity index (χ1) is 20.7. The summed E-state index contributed by atoms with van der Waals surface area (Å²) in [4.78, 5) is 66.0. The normalized spacial score (nSPS) is 19.1. The number of thiazole rings is 1. The molecule has 0 saturated carbocycles. The number of benzene rings is 3. The van der Waals surface area contributed by atoms with Gasteiger partial charge in [-0.05, 0) is 54.4 Å². The molecule has 1 N–H and O–H groups in total. The fraction of sp³-hybridized carbons (Fsp3) is 0.200. The summed E-state index contributed by atoms with van der Waals surface area (Å²) in [6.07, 6.45) is 0. The number of methoxy groups -OCH3 is 1. The molecular formula is C30H24N4O7S2. The molecule has 0 bridgehead atoms. The SMILES string of the molecule is COc1ccc(C2c3sc(=O)n(CC(=O)Nc4cccc(C)c4)c3SC3C(=O)N(c4ccc([N+](=O)[O-])cc4)C(=O)C32)cc1. The lowest BCUT2D eigenvalue weighted by Gasteiger charge is -2.30. The van der Waals surface area contributed by atoms with Crippen LogP contribution in [0.4, 0.5) is 17.1 Å². The van der Waals surface area contributed by atoms with E-state index in [-0.39, 0.29) is 22.8 Å². The van der Waals surface area contributed by atoms with Gasteiger partial charge < -0.3 is 10.1 Å². The van der Waals surface area contributed by atoms with Crippen LogP contribution in [0.2, 0.25) is 0 Å². The number of non-ortho nitro benzene ring substituents is 1. The van der Waals surface area contributed by atoms with Crippen LogP contribution < -0.4 is 19.8 Å². The second-order valence-electron chi connectivity index (χ2n) is 10.1. The van der Waals surface area contributed by atoms with Gasteiger partial charge in [0, 0.05) is 28.6 Å². The monoisotopic (exact) mass is 616 g/mol. The molecule has 3 unspecified atom stereocenters. The number of anilines is 2. The van der Waals surface area contributed by atoms with Gasteiger partial charge >= 0.3 is 4.87 Å². The quantitative estimate of drug-likeness (QED) is 0.181. The number of nitrogens with one attached hydrogen (secondary N) is 1. The summed E-state index contributed by atoms with van der Waals surface area (Å²) in [7, 11) is 1.54. The number of fused-ring (bicyclic) bond motifs is 2. The van der Waals surface area contributed by atoms with Crippen molar-refractivity contribution in [3.8, 4) is 5.75 Å². The number of nitro groups is 1. The number of hydrogen-bond acceptors (Lipinski definition) is 9. The van der Waals surface area contributed by atoms with E-state index in [4.69, 9.17) is 4.74 Å². The standard InChI is InChI=1S/C30H24N4O7S2/c1-16-4-3-5-18(14-16)31-22(35)15-32-29-26(43-30(32)38)23(17-6-12-21(41-2)13-7-17)24-25(42-29)28(37)33(27(24)36)19-8-10-20(11-9-19)34(39)40/h3-14,23-25H,15H2,1-2H3,(H,31,35). The molecule has 3 aromatic carbocycles. The summed E-state index contributed by atoms with van der Waals surface area (Å²) in [6, 6.07) is 19.6. The van der Waals surface area contributed by atoms with Crippen LogP contribution in [0.5, 0.6) is 5.75 Å². The van der Waals surface area contributed by atoms with E-state index < -0.39 is 39.7 Å². The molecule has 0 spiro atoms. The maximum atomic E-state index is 14.0. The number of imide groups is 1. The summed E-state index contributed by atoms with van der Waals surface area (Å²) in [5.41, 5.74) is 2.33. The minimum atomic E-state index is -0.887. The van der Waals surface area contributed by atoms with Crippen molar-refractivity contribution in [3.05, 3.63) is 109 Å². The largest absolute Gasteiger partial charge is 0.497 e. The highest BCUT2D eigenvalue weighted by Gasteiger charge is 2.56. The summed E-state index contributed by atoms with van der Waals surface area (Å²) >= 11 is 2.05. The van der Waals surface area contributed by atoms with Crippen molar-refractivity contribution in [1.82, 2.24) is 4.57 Å². The number of ether oxygens (including phenoxy) is 1. The van der Waals surface area contributed by atoms with Crippen LogP contribution in [0, 0.1) is 23.0 Å². The van der Waals surface area contributed by atoms with Crippen molar-refractivity contribution in [2.45, 2.75) is 29.7 Å². The van der Waals surface area contributed by atoms with Crippen LogP contribution in [0.3, 0.4) is 0 Å². The summed E-state index contributed by atoms with van der Waals surface area (Å²) in [6.45, 7) is 1.63. The van der Waals surface area contributed by atoms with Crippen molar-refractivity contribution in [2.75, 3.05) is 17.3 Å². The van der Waals surface area contributed by atoms with Gasteiger partial charge in [-0.3, -0.25) is 33.9 Å². The Balaban J connectivity index is 1.40. The maximum Gasteiger partial charge on any atom is 0.308 e. The van der Waals surface area contributed by atoms with E-state index in [0.29, 0.717) is 26.9 Å². The highest BCUT2D eigenvalue weighted by molar-refractivity contribution is 8.00. The van der Waals surface area contributed by atoms with E-state index in [2.05, 4.69) is 5.32 Å². The van der Waals surface area contributed by atoms with Crippen molar-refractivity contribution in [1.29, 1.82) is 0 Å². The molecule has 0 radical (unpaired) electrons. The average molecular weight is 617 g/mol. The number of aryl methyl sites for hydroxylation is 1. The third-order valence-corrected chi connectivity index (χ3v) is 10.1. The molecule has 11 nitrogen and oxygen atoms in total. The van der Waals surface area contributed by atoms with E-state index >= 15 is 0 Å². The predicted molar refractivity (Wildman–Crippen MR) is 162 cm³/mol. The van der Waals surface area contributed by atoms with Gasteiger partial charge in [0.2, 0.25) is 17.7 Å². The number of amides is 3. The second kappa shape index (κ2) is 11.2. The van der Waals surface area contributed by atoms with E-state index in [0.717, 1.165) is 33.6 Å². The Morgan fingerprint density at radius 3 is 2.40 bits per heavy atom. The first-order valence-electron chi connectivity index (χ1n) is 13.2. The van der Waals surface area contributed by atoms with Crippen LogP contribution in [0.15, 0.2) is 82.6 Å². The average Bonchev–Trinajstić information content (AvgIpc) is 3.43. The Bertz CT molecular complexity index is 1830. The van der Waals surface area contributed by atoms with Crippen molar-refractivity contribution in [2.24, 2.45) is 5.92 Å². The minimum absolute atomic E-state index is 0.166. The molecule has 43 heavy (non-hydrogen) atoms. The zero-order chi connectivity index (χ0) is 30.4. The fourth-order valence-corrected chi connectivity index (χ4v) is 8.24. The lowest BCUT2D eigenvalue weighted by molar-refractivity contribution is -0.384. The molecule has 3 atom stereocenters. The van der Waals surface area contributed by atoms with Crippen LogP contribution in [0.1, 0.15) is 21.9 Å². The predicted octanol–water partition coefficient (Wildman–Crippen LogP) is 4.57. The number of aromatic nitrogens is 1. The molecule has 13 heteroatoms. The lowest BCUT2D eigenvalue weighted by Crippen LogP contribution is -2.33. The van der Waals surface area contributed by atoms with Gasteiger partial charge in [0.1, 0.15) is 17.5 Å². The molecular weight excluding hydrogens is 592 g/mol. The van der Waals surface area contributed by atoms with Gasteiger partial charge in [-0.2, -0.15) is 0 Å². The summed E-state index contributed by atoms with van der Waals surface area (Å²) in [5, 5.41) is 13.5. The third kappa shape index (κ3) is 5.10. The molecule has 4 aromatic rings. The van der Waals surface area contributed by atoms with Crippen molar-refractivity contribution in [3.63, 3.8) is 0 Å². The minimum Gasteiger partial charge on any atom is -0.497 e. The Kier molecular flexibility index (Phi) is 7.36. The molecule has 0 aliphatic carbocycles. The second-order valence-corrected chi connectivity index (χ2v) is 12.3. The fourth-order valence-electron chi connectivity index (χ4n) is 5.47. The summed E-state index contributed by atoms with van der Waals surface area (Å²) < 4.78 is 6.65. The van der Waals surface area contributed by atoms with E-state index in [9.17, 15) is 29.3 Å². The molecule has 6 rings (SSSR count). The number of carbonyl (C=O) groups is 3. The van der Waals surface area contributed by atoms with Gasteiger partial charge in [-0.25, -0.2) is 4.90 Å². The first-order valence-corrected chi connectivity index (χ1v) is 14.9. The Hall–Kier alpha value is -4.75. The van der Waals surface area contributed by atoms with E-state index in [1.807, 2.05) is 25.1 Å². The van der Waals surface area contributed by atoms with Gasteiger partial charge in [0.25, 0.3) is 5.69 Å². The Labute approximate surface area is 253 Å². The molecule has 2 aliphatic heterocycles. The molecule has 3 heterocycles. The zero-order valence-electron chi connectivity index (χ0n) is 22.9. The topological polar surface area (TPSA) is 141 Å². The number of nitrogens with zero attached hydrogens (tertiary/aromatic N) is 3. The zero-order valence-corrected chi connectivity index (χ0v) is 24.5. The number of rotatable bonds is 7. The highest BCUT2D eigenvalue weighted by atomic mass is 32.2. The van der Waals surface area contributed by atoms with Crippen molar-refractivity contribution < 1.29 is 24.0 Å². The lowest BCUT2D eigenvalue weighted by atomic mass is 9.83. The Morgan fingerprint density at radius 1 is 1.02 bits per heavy atom. The highest BCUT2D eigenvalue weighted by Crippen LogP contribution is 2.54. The van der Waals surface area contributed by atoms with Crippen LogP contribution in [-0.2, 0) is 20.9 Å². The summed E-state index contributed by atoms with van der Waals surface area (Å²) in [5.74, 6) is -2.25. The van der Waals surface area contributed by atoms with E-state index in [1.165, 1.54) is 35.9 Å². The van der Waals surface area contributed by atoms with Crippen LogP contribution >= 0.6 is 23.1 Å². The van der Waals surface area contributed by atoms with Crippen molar-refractivity contribution >= 4 is 57.9 Å². The molecule has 2 aliphatic rings. The number of carbonyl (C=O) groups excluding carboxylic acids is 3. The number of hydrogen-bond donors (Lipinski definition) is 1. The first kappa shape index (κ1) is 28.4. The molecule has 218 valence electrons. The van der Waals surface area contributed by atoms with E-state index in [1.54, 1.807) is 30.3 Å². The third-order valence-electron chi connectivity index (χ3n) is 7.45. The molecule has 3 amide bonds. The number of nitro benzene ring substituents is 1. The molecule has 1 fully saturated rings. The molecule has 1 aromatic heterocycles. The van der Waals surface area contributed by atoms with Gasteiger partial charge in [0.15, 0.2) is 0 Å². The Morgan fingerprint density at radius 2 is 1.74 bits per heavy atom. The maximum absolute atomic E-state index is 14.0. The number of thioether (sulfide) groups is 1. The molecule has 1 saturated heterocycles. The van der Waals surface area contributed by atoms with Crippen LogP contribution in [0.25, 0.3) is 0 Å². The smallest absolute Gasteiger partial charge is 0.308 e. The van der Waals surface area contributed by atoms with Gasteiger partial charge in [-0.1, -0.05) is 47.4 Å². The van der Waals surface area contributed by atoms with Gasteiger partial charge in [-0.15, -0.1) is 0 Å².